The molecule has 0 radical (unpaired) electrons. The lowest BCUT2D eigenvalue weighted by Gasteiger charge is -2.35. The number of benzene rings is 9. The van der Waals surface area contributed by atoms with Crippen molar-refractivity contribution in [2.75, 3.05) is 11.1 Å². The second kappa shape index (κ2) is 12.4. The lowest BCUT2D eigenvalue weighted by atomic mass is 9.66. The van der Waals surface area contributed by atoms with Gasteiger partial charge in [0.1, 0.15) is 0 Å². The maximum absolute atomic E-state index is 6.58. The number of nitrogens with one attached hydrogen (secondary N) is 1. The number of anilines is 3. The van der Waals surface area contributed by atoms with Crippen LogP contribution in [0.1, 0.15) is 44.5 Å². The number of rotatable bonds is 6. The molecule has 0 saturated carbocycles. The molecule has 2 nitrogen and oxygen atoms in total. The highest BCUT2D eigenvalue weighted by molar-refractivity contribution is 6.00. The van der Waals surface area contributed by atoms with E-state index in [0.717, 1.165) is 17.1 Å². The summed E-state index contributed by atoms with van der Waals surface area (Å²) in [4.78, 5) is 0. The van der Waals surface area contributed by atoms with Gasteiger partial charge >= 0.3 is 0 Å². The Morgan fingerprint density at radius 1 is 0.339 bits per heavy atom. The summed E-state index contributed by atoms with van der Waals surface area (Å²) in [7, 11) is 0. The molecule has 1 unspecified atom stereocenters. The van der Waals surface area contributed by atoms with Crippen LogP contribution >= 0.6 is 0 Å². The van der Waals surface area contributed by atoms with Crippen LogP contribution in [0.15, 0.2) is 212 Å². The van der Waals surface area contributed by atoms with E-state index in [1.54, 1.807) is 0 Å². The molecule has 9 aromatic carbocycles. The van der Waals surface area contributed by atoms with E-state index in [4.69, 9.17) is 5.73 Å². The number of nitrogens with two attached hydrogens (primary N) is 1. The van der Waals surface area contributed by atoms with Crippen LogP contribution in [0.2, 0.25) is 0 Å². The molecule has 0 bridgehead atoms. The van der Waals surface area contributed by atoms with E-state index in [-0.39, 0.29) is 0 Å². The Labute approximate surface area is 327 Å². The predicted octanol–water partition coefficient (Wildman–Crippen LogP) is 12.9. The normalized spacial score (nSPS) is 15.8. The fraction of sp³-hybridized carbons (Fsp3) is 0.0370. The van der Waals surface area contributed by atoms with Gasteiger partial charge in [-0.15, -0.1) is 0 Å². The van der Waals surface area contributed by atoms with E-state index in [2.05, 4.69) is 212 Å². The van der Waals surface area contributed by atoms with E-state index < -0.39 is 10.8 Å². The summed E-state index contributed by atoms with van der Waals surface area (Å²) < 4.78 is 0. The summed E-state index contributed by atoms with van der Waals surface area (Å²) in [6, 6.07) is 77.6. The highest BCUT2D eigenvalue weighted by atomic mass is 14.9. The molecule has 0 heterocycles. The minimum atomic E-state index is -0.545. The Morgan fingerprint density at radius 3 is 1.62 bits per heavy atom. The SMILES string of the molecule is Nc1ccc2c(c1)C(c1ccccc1)(c1cccc(Nc3ccc4c(c3)C(c3ccccc3)(c3ccccc3)c3c-4ccc4ccccc34)c1)c1ccccc1-2. The maximum atomic E-state index is 6.58. The summed E-state index contributed by atoms with van der Waals surface area (Å²) >= 11 is 0. The molecule has 0 aromatic heterocycles. The van der Waals surface area contributed by atoms with Crippen LogP contribution in [0.3, 0.4) is 0 Å². The third-order valence-corrected chi connectivity index (χ3v) is 12.3. The molecule has 11 rings (SSSR count). The van der Waals surface area contributed by atoms with Crippen LogP contribution in [0.4, 0.5) is 17.1 Å². The van der Waals surface area contributed by atoms with Crippen LogP contribution in [-0.2, 0) is 10.8 Å². The van der Waals surface area contributed by atoms with Crippen LogP contribution in [-0.4, -0.2) is 0 Å². The molecule has 9 aromatic rings. The Morgan fingerprint density at radius 2 is 0.875 bits per heavy atom. The maximum Gasteiger partial charge on any atom is 0.0720 e. The Bertz CT molecular complexity index is 2910. The smallest absolute Gasteiger partial charge is 0.0720 e. The minimum absolute atomic E-state index is 0.526. The van der Waals surface area contributed by atoms with Crippen molar-refractivity contribution in [2.24, 2.45) is 0 Å². The van der Waals surface area contributed by atoms with Crippen molar-refractivity contribution < 1.29 is 0 Å². The molecule has 0 aliphatic heterocycles. The topological polar surface area (TPSA) is 38.0 Å². The summed E-state index contributed by atoms with van der Waals surface area (Å²) in [5.74, 6) is 0. The third-order valence-electron chi connectivity index (χ3n) is 12.3. The summed E-state index contributed by atoms with van der Waals surface area (Å²) in [5, 5.41) is 6.43. The first kappa shape index (κ1) is 32.3. The molecule has 264 valence electrons. The highest BCUT2D eigenvalue weighted by Crippen LogP contribution is 2.59. The number of hydrogen-bond acceptors (Lipinski definition) is 2. The van der Waals surface area contributed by atoms with Gasteiger partial charge in [0.2, 0.25) is 0 Å². The molecule has 0 spiro atoms. The number of hydrogen-bond donors (Lipinski definition) is 2. The van der Waals surface area contributed by atoms with Gasteiger partial charge in [0.05, 0.1) is 10.8 Å². The van der Waals surface area contributed by atoms with Crippen molar-refractivity contribution >= 4 is 27.8 Å². The van der Waals surface area contributed by atoms with Gasteiger partial charge in [-0.05, 0) is 114 Å². The van der Waals surface area contributed by atoms with E-state index in [1.165, 1.54) is 77.5 Å². The average molecular weight is 715 g/mol. The van der Waals surface area contributed by atoms with Gasteiger partial charge in [-0.3, -0.25) is 0 Å². The van der Waals surface area contributed by atoms with Gasteiger partial charge in [-0.25, -0.2) is 0 Å². The molecule has 56 heavy (non-hydrogen) atoms. The van der Waals surface area contributed by atoms with Gasteiger partial charge < -0.3 is 11.1 Å². The molecule has 2 aliphatic rings. The zero-order valence-electron chi connectivity index (χ0n) is 30.8. The Kier molecular flexibility index (Phi) is 7.17. The quantitative estimate of drug-likeness (QED) is 0.168. The summed E-state index contributed by atoms with van der Waals surface area (Å²) in [5.41, 5.74) is 23.3. The average Bonchev–Trinajstić information content (AvgIpc) is 3.73. The number of nitrogen functional groups attached to an aromatic ring is 1. The van der Waals surface area contributed by atoms with Gasteiger partial charge in [0.15, 0.2) is 0 Å². The largest absolute Gasteiger partial charge is 0.399 e. The Hall–Kier alpha value is -7.16. The molecule has 1 atom stereocenters. The van der Waals surface area contributed by atoms with E-state index >= 15 is 0 Å². The van der Waals surface area contributed by atoms with Crippen molar-refractivity contribution in [3.8, 4) is 22.3 Å². The molecule has 0 saturated heterocycles. The molecular formula is C54H38N2. The first-order valence-corrected chi connectivity index (χ1v) is 19.4. The van der Waals surface area contributed by atoms with Gasteiger partial charge in [-0.2, -0.15) is 0 Å². The minimum Gasteiger partial charge on any atom is -0.399 e. The van der Waals surface area contributed by atoms with E-state index in [1.807, 2.05) is 6.07 Å². The van der Waals surface area contributed by atoms with Gasteiger partial charge in [-0.1, -0.05) is 176 Å². The fourth-order valence-corrected chi connectivity index (χ4v) is 10.1. The van der Waals surface area contributed by atoms with Gasteiger partial charge in [0.25, 0.3) is 0 Å². The van der Waals surface area contributed by atoms with Crippen molar-refractivity contribution in [2.45, 2.75) is 10.8 Å². The molecule has 0 fully saturated rings. The molecule has 3 N–H and O–H groups in total. The van der Waals surface area contributed by atoms with Crippen LogP contribution in [0, 0.1) is 0 Å². The second-order valence-electron chi connectivity index (χ2n) is 15.1. The summed E-state index contributed by atoms with van der Waals surface area (Å²) in [6.45, 7) is 0. The second-order valence-corrected chi connectivity index (χ2v) is 15.1. The summed E-state index contributed by atoms with van der Waals surface area (Å²) in [6.07, 6.45) is 0. The molecular weight excluding hydrogens is 677 g/mol. The fourth-order valence-electron chi connectivity index (χ4n) is 10.1. The van der Waals surface area contributed by atoms with Gasteiger partial charge in [0, 0.05) is 17.1 Å². The van der Waals surface area contributed by atoms with E-state index in [9.17, 15) is 0 Å². The van der Waals surface area contributed by atoms with Crippen molar-refractivity contribution in [1.29, 1.82) is 0 Å². The van der Waals surface area contributed by atoms with E-state index in [0.29, 0.717) is 0 Å². The zero-order valence-corrected chi connectivity index (χ0v) is 30.8. The van der Waals surface area contributed by atoms with Crippen molar-refractivity contribution in [3.05, 3.63) is 257 Å². The zero-order chi connectivity index (χ0) is 37.3. The molecule has 2 aliphatic carbocycles. The third kappa shape index (κ3) is 4.50. The standard InChI is InChI=1S/C54H38N2/c55-41-28-31-46-45-25-12-13-26-49(45)53(50(46)34-41,37-16-4-1-5-17-37)40-22-14-23-42(33-40)56-43-29-32-47-48-30-27-36-15-10-11-24-44(36)52(48)54(51(47)35-43,38-18-6-2-7-19-38)39-20-8-3-9-21-39/h1-35,56H,55H2. The van der Waals surface area contributed by atoms with Crippen molar-refractivity contribution in [1.82, 2.24) is 0 Å². The van der Waals surface area contributed by atoms with Crippen LogP contribution in [0.5, 0.6) is 0 Å². The number of fused-ring (bicyclic) bond motifs is 8. The van der Waals surface area contributed by atoms with Crippen LogP contribution in [0.25, 0.3) is 33.0 Å². The molecule has 0 amide bonds. The first-order chi connectivity index (χ1) is 27.7. The molecule has 2 heteroatoms. The van der Waals surface area contributed by atoms with Crippen LogP contribution < -0.4 is 11.1 Å². The lowest BCUT2D eigenvalue weighted by molar-refractivity contribution is 0.769. The first-order valence-electron chi connectivity index (χ1n) is 19.4. The predicted molar refractivity (Wildman–Crippen MR) is 233 cm³/mol. The monoisotopic (exact) mass is 714 g/mol. The lowest BCUT2D eigenvalue weighted by Crippen LogP contribution is -2.29. The Balaban J connectivity index is 1.11. The highest BCUT2D eigenvalue weighted by Gasteiger charge is 2.48. The van der Waals surface area contributed by atoms with Crippen molar-refractivity contribution in [3.63, 3.8) is 0 Å².